The van der Waals surface area contributed by atoms with Crippen molar-refractivity contribution in [1.82, 2.24) is 9.38 Å². The van der Waals surface area contributed by atoms with Crippen LogP contribution in [0, 0.1) is 17.8 Å². The summed E-state index contributed by atoms with van der Waals surface area (Å²) >= 11 is 0. The van der Waals surface area contributed by atoms with E-state index in [1.165, 1.54) is 12.8 Å². The molecule has 0 N–H and O–H groups in total. The van der Waals surface area contributed by atoms with Gasteiger partial charge >= 0.3 is 0 Å². The quantitative estimate of drug-likeness (QED) is 0.671. The van der Waals surface area contributed by atoms with Crippen LogP contribution in [0.25, 0.3) is 16.9 Å². The molecule has 1 saturated carbocycles. The zero-order valence-electron chi connectivity index (χ0n) is 12.4. The fourth-order valence-corrected chi connectivity index (χ4v) is 2.37. The Morgan fingerprint density at radius 1 is 1.09 bits per heavy atom. The number of nitrogens with zero attached hydrogens (tertiary/aromatic N) is 2. The Balaban J connectivity index is 1.64. The highest BCUT2D eigenvalue weighted by Crippen LogP contribution is 2.27. The lowest BCUT2D eigenvalue weighted by atomic mass is 10.1. The van der Waals surface area contributed by atoms with Crippen LogP contribution in [0.5, 0.6) is 5.75 Å². The molecule has 108 valence electrons. The zero-order valence-corrected chi connectivity index (χ0v) is 12.4. The fourth-order valence-electron chi connectivity index (χ4n) is 2.37. The van der Waals surface area contributed by atoms with Gasteiger partial charge in [0.2, 0.25) is 0 Å². The van der Waals surface area contributed by atoms with Gasteiger partial charge in [0.1, 0.15) is 11.4 Å². The van der Waals surface area contributed by atoms with E-state index in [0.29, 0.717) is 5.92 Å². The second kappa shape index (κ2) is 5.23. The van der Waals surface area contributed by atoms with Crippen molar-refractivity contribution in [3.8, 4) is 28.8 Å². The summed E-state index contributed by atoms with van der Waals surface area (Å²) in [5.74, 6) is 7.97. The molecule has 1 aliphatic carbocycles. The predicted molar refractivity (Wildman–Crippen MR) is 86.8 cm³/mol. The van der Waals surface area contributed by atoms with Gasteiger partial charge in [-0.3, -0.25) is 0 Å². The molecule has 0 radical (unpaired) electrons. The van der Waals surface area contributed by atoms with E-state index in [0.717, 1.165) is 28.2 Å². The van der Waals surface area contributed by atoms with Crippen LogP contribution in [0.2, 0.25) is 0 Å². The second-order valence-corrected chi connectivity index (χ2v) is 5.58. The molecule has 3 heteroatoms. The van der Waals surface area contributed by atoms with Crippen molar-refractivity contribution in [3.63, 3.8) is 0 Å². The number of aromatic nitrogens is 2. The summed E-state index contributed by atoms with van der Waals surface area (Å²) in [5, 5.41) is 0. The summed E-state index contributed by atoms with van der Waals surface area (Å²) in [6, 6.07) is 12.2. The Morgan fingerprint density at radius 3 is 2.64 bits per heavy atom. The highest BCUT2D eigenvalue weighted by molar-refractivity contribution is 5.64. The number of pyridine rings is 1. The molecule has 0 spiro atoms. The molecule has 1 aliphatic rings. The lowest BCUT2D eigenvalue weighted by Gasteiger charge is -1.98. The van der Waals surface area contributed by atoms with Gasteiger partial charge in [-0.1, -0.05) is 24.0 Å². The smallest absolute Gasteiger partial charge is 0.137 e. The first kappa shape index (κ1) is 13.0. The molecular weight excluding hydrogens is 272 g/mol. The molecule has 0 bridgehead atoms. The molecule has 3 nitrogen and oxygen atoms in total. The summed E-state index contributed by atoms with van der Waals surface area (Å²) in [5.41, 5.74) is 4.03. The Kier molecular flexibility index (Phi) is 3.08. The molecule has 2 heterocycles. The summed E-state index contributed by atoms with van der Waals surface area (Å²) in [6.07, 6.45) is 6.47. The number of fused-ring (bicyclic) bond motifs is 1. The van der Waals surface area contributed by atoms with E-state index in [1.807, 2.05) is 28.9 Å². The van der Waals surface area contributed by atoms with Gasteiger partial charge in [-0.25, -0.2) is 4.98 Å². The first-order valence-corrected chi connectivity index (χ1v) is 7.46. The van der Waals surface area contributed by atoms with Crippen LogP contribution in [-0.2, 0) is 0 Å². The highest BCUT2D eigenvalue weighted by Gasteiger charge is 2.17. The average molecular weight is 288 g/mol. The maximum atomic E-state index is 5.24. The first-order valence-electron chi connectivity index (χ1n) is 7.46. The van der Waals surface area contributed by atoms with E-state index in [4.69, 9.17) is 4.74 Å². The van der Waals surface area contributed by atoms with Gasteiger partial charge in [0, 0.05) is 23.2 Å². The van der Waals surface area contributed by atoms with Crippen LogP contribution in [0.3, 0.4) is 0 Å². The topological polar surface area (TPSA) is 26.5 Å². The van der Waals surface area contributed by atoms with Crippen LogP contribution < -0.4 is 4.74 Å². The summed E-state index contributed by atoms with van der Waals surface area (Å²) < 4.78 is 7.22. The van der Waals surface area contributed by atoms with E-state index in [1.54, 1.807) is 7.11 Å². The summed E-state index contributed by atoms with van der Waals surface area (Å²) in [6.45, 7) is 0. The molecule has 22 heavy (non-hydrogen) atoms. The van der Waals surface area contributed by atoms with Gasteiger partial charge < -0.3 is 9.14 Å². The van der Waals surface area contributed by atoms with Crippen molar-refractivity contribution in [2.45, 2.75) is 12.8 Å². The number of ether oxygens (including phenoxy) is 1. The monoisotopic (exact) mass is 288 g/mol. The Morgan fingerprint density at radius 2 is 1.91 bits per heavy atom. The van der Waals surface area contributed by atoms with Crippen LogP contribution in [0.4, 0.5) is 0 Å². The van der Waals surface area contributed by atoms with Gasteiger partial charge in [-0.05, 0) is 37.1 Å². The minimum Gasteiger partial charge on any atom is -0.495 e. The van der Waals surface area contributed by atoms with E-state index < -0.39 is 0 Å². The molecule has 4 rings (SSSR count). The van der Waals surface area contributed by atoms with Gasteiger partial charge in [0.05, 0.1) is 19.0 Å². The van der Waals surface area contributed by atoms with E-state index in [-0.39, 0.29) is 0 Å². The van der Waals surface area contributed by atoms with E-state index >= 15 is 0 Å². The van der Waals surface area contributed by atoms with Gasteiger partial charge in [-0.15, -0.1) is 0 Å². The number of rotatable bonds is 2. The minimum atomic E-state index is 0.632. The standard InChI is InChI=1S/C19H16N2O/c1-22-17-10-11-19-20-18(13-21(19)12-17)16-8-6-15(7-9-16)5-4-14-2-3-14/h6-14H,2-3H2,1H3. The molecule has 1 fully saturated rings. The molecule has 3 aromatic rings. The molecule has 0 amide bonds. The van der Waals surface area contributed by atoms with Crippen molar-refractivity contribution in [1.29, 1.82) is 0 Å². The maximum absolute atomic E-state index is 5.24. The van der Waals surface area contributed by atoms with Crippen molar-refractivity contribution >= 4 is 5.65 Å². The first-order chi connectivity index (χ1) is 10.8. The number of hydrogen-bond donors (Lipinski definition) is 0. The number of imidazole rings is 1. The molecule has 2 aromatic heterocycles. The Bertz CT molecular complexity index is 877. The molecule has 0 unspecified atom stereocenters. The van der Waals surface area contributed by atoms with Crippen molar-refractivity contribution in [2.75, 3.05) is 7.11 Å². The summed E-state index contributed by atoms with van der Waals surface area (Å²) in [7, 11) is 1.67. The fraction of sp³-hybridized carbons (Fsp3) is 0.211. The lowest BCUT2D eigenvalue weighted by molar-refractivity contribution is 0.412. The highest BCUT2D eigenvalue weighted by atomic mass is 16.5. The third-order valence-corrected chi connectivity index (χ3v) is 3.84. The molecule has 0 saturated heterocycles. The lowest BCUT2D eigenvalue weighted by Crippen LogP contribution is -1.86. The maximum Gasteiger partial charge on any atom is 0.137 e. The van der Waals surface area contributed by atoms with E-state index in [2.05, 4.69) is 41.1 Å². The zero-order chi connectivity index (χ0) is 14.9. The van der Waals surface area contributed by atoms with Gasteiger partial charge in [-0.2, -0.15) is 0 Å². The van der Waals surface area contributed by atoms with Crippen molar-refractivity contribution in [3.05, 3.63) is 54.4 Å². The minimum absolute atomic E-state index is 0.632. The predicted octanol–water partition coefficient (Wildman–Crippen LogP) is 3.77. The SMILES string of the molecule is COc1ccc2nc(-c3ccc(C#CC4CC4)cc3)cn2c1. The summed E-state index contributed by atoms with van der Waals surface area (Å²) in [4.78, 5) is 4.64. The van der Waals surface area contributed by atoms with E-state index in [9.17, 15) is 0 Å². The third kappa shape index (κ3) is 2.56. The average Bonchev–Trinajstić information content (AvgIpc) is 3.30. The van der Waals surface area contributed by atoms with Gasteiger partial charge in [0.25, 0.3) is 0 Å². The van der Waals surface area contributed by atoms with Gasteiger partial charge in [0.15, 0.2) is 0 Å². The molecule has 0 aliphatic heterocycles. The molecule has 1 aromatic carbocycles. The third-order valence-electron chi connectivity index (χ3n) is 3.84. The molecule has 0 atom stereocenters. The van der Waals surface area contributed by atoms with Crippen LogP contribution in [-0.4, -0.2) is 16.5 Å². The number of hydrogen-bond acceptors (Lipinski definition) is 2. The number of benzene rings is 1. The van der Waals surface area contributed by atoms with Crippen LogP contribution in [0.15, 0.2) is 48.8 Å². The van der Waals surface area contributed by atoms with Crippen molar-refractivity contribution in [2.24, 2.45) is 5.92 Å². The van der Waals surface area contributed by atoms with Crippen LogP contribution in [0.1, 0.15) is 18.4 Å². The van der Waals surface area contributed by atoms with Crippen molar-refractivity contribution < 1.29 is 4.74 Å². The van der Waals surface area contributed by atoms with Crippen LogP contribution >= 0.6 is 0 Å². The normalized spacial score (nSPS) is 13.7. The largest absolute Gasteiger partial charge is 0.495 e. The Labute approximate surface area is 129 Å². The molecular formula is C19H16N2O. The number of methoxy groups -OCH3 is 1. The Hall–Kier alpha value is -2.73. The second-order valence-electron chi connectivity index (χ2n) is 5.58.